The number of nitrogens with zero attached hydrogens (tertiary/aromatic N) is 4. The van der Waals surface area contributed by atoms with Gasteiger partial charge in [0.15, 0.2) is 5.76 Å². The quantitative estimate of drug-likeness (QED) is 0.580. The zero-order valence-corrected chi connectivity index (χ0v) is 17.8. The first kappa shape index (κ1) is 20.1. The summed E-state index contributed by atoms with van der Waals surface area (Å²) in [5.74, 6) is -0.359. The van der Waals surface area contributed by atoms with Gasteiger partial charge in [-0.1, -0.05) is 0 Å². The summed E-state index contributed by atoms with van der Waals surface area (Å²) >= 11 is 1.26. The average Bonchev–Trinajstić information content (AvgIpc) is 3.47. The molecule has 1 aliphatic heterocycles. The van der Waals surface area contributed by atoms with Crippen LogP contribution in [0.4, 0.5) is 0 Å². The van der Waals surface area contributed by atoms with Crippen LogP contribution in [-0.4, -0.2) is 42.8 Å². The molecule has 0 aliphatic carbocycles. The van der Waals surface area contributed by atoms with Gasteiger partial charge in [0.1, 0.15) is 17.6 Å². The molecule has 1 amide bonds. The molecule has 1 N–H and O–H groups in total. The van der Waals surface area contributed by atoms with Crippen LogP contribution in [0, 0.1) is 20.8 Å². The van der Waals surface area contributed by atoms with Crippen molar-refractivity contribution in [1.82, 2.24) is 19.4 Å². The molecule has 3 aromatic rings. The standard InChI is InChI=1S/C21H22N4O4S/c1-12-5-6-15(29-12)17-16(18(26)20-13(2)23-14(3)30-20)19(27)21(28)25(17)9-4-8-24-10-7-22-11-24/h5-7,10-11,17,27H,4,8-9H2,1-3H3/t17-/m1/s1. The number of hydrogen-bond acceptors (Lipinski definition) is 7. The number of amides is 1. The van der Waals surface area contributed by atoms with E-state index in [9.17, 15) is 14.7 Å². The van der Waals surface area contributed by atoms with E-state index in [0.717, 1.165) is 5.01 Å². The van der Waals surface area contributed by atoms with Crippen LogP contribution in [0.15, 0.2) is 46.6 Å². The third kappa shape index (κ3) is 3.56. The lowest BCUT2D eigenvalue weighted by Crippen LogP contribution is -2.32. The highest BCUT2D eigenvalue weighted by Gasteiger charge is 2.45. The summed E-state index contributed by atoms with van der Waals surface area (Å²) in [4.78, 5) is 36.5. The van der Waals surface area contributed by atoms with Gasteiger partial charge in [-0.3, -0.25) is 9.59 Å². The Kier molecular flexibility index (Phi) is 5.29. The van der Waals surface area contributed by atoms with Crippen molar-refractivity contribution < 1.29 is 19.1 Å². The molecule has 8 nitrogen and oxygen atoms in total. The van der Waals surface area contributed by atoms with E-state index in [4.69, 9.17) is 4.42 Å². The van der Waals surface area contributed by atoms with Crippen molar-refractivity contribution in [1.29, 1.82) is 0 Å². The van der Waals surface area contributed by atoms with E-state index in [1.165, 1.54) is 16.2 Å². The zero-order chi connectivity index (χ0) is 21.4. The fourth-order valence-electron chi connectivity index (χ4n) is 3.72. The monoisotopic (exact) mass is 426 g/mol. The molecule has 9 heteroatoms. The number of hydrogen-bond donors (Lipinski definition) is 1. The van der Waals surface area contributed by atoms with Crippen molar-refractivity contribution in [2.24, 2.45) is 0 Å². The summed E-state index contributed by atoms with van der Waals surface area (Å²) < 4.78 is 7.69. The first-order valence-corrected chi connectivity index (χ1v) is 10.4. The Morgan fingerprint density at radius 3 is 2.67 bits per heavy atom. The smallest absolute Gasteiger partial charge is 0.290 e. The minimum absolute atomic E-state index is 0.0451. The summed E-state index contributed by atoms with van der Waals surface area (Å²) in [6, 6.07) is 2.75. The normalized spacial score (nSPS) is 16.7. The van der Waals surface area contributed by atoms with Crippen LogP contribution in [0.5, 0.6) is 0 Å². The molecule has 4 heterocycles. The van der Waals surface area contributed by atoms with E-state index in [1.807, 2.05) is 17.7 Å². The fraction of sp³-hybridized carbons (Fsp3) is 0.333. The number of aromatic nitrogens is 3. The Morgan fingerprint density at radius 1 is 1.27 bits per heavy atom. The van der Waals surface area contributed by atoms with Crippen molar-refractivity contribution in [2.45, 2.75) is 39.8 Å². The van der Waals surface area contributed by atoms with Crippen LogP contribution in [0.2, 0.25) is 0 Å². The predicted molar refractivity (Wildman–Crippen MR) is 110 cm³/mol. The second-order valence-corrected chi connectivity index (χ2v) is 8.45. The van der Waals surface area contributed by atoms with Gasteiger partial charge in [0.2, 0.25) is 5.78 Å². The third-order valence-electron chi connectivity index (χ3n) is 5.06. The van der Waals surface area contributed by atoms with Crippen LogP contribution in [0.25, 0.3) is 0 Å². The Bertz CT molecular complexity index is 1130. The number of Topliss-reactive ketones (excluding diaryl/α,β-unsaturated/α-hetero) is 1. The third-order valence-corrected chi connectivity index (χ3v) is 6.13. The topological polar surface area (TPSA) is 101 Å². The van der Waals surface area contributed by atoms with Crippen LogP contribution in [0.1, 0.15) is 44.4 Å². The average molecular weight is 426 g/mol. The SMILES string of the molecule is Cc1ccc([C@@H]2C(C(=O)c3sc(C)nc3C)=C(O)C(=O)N2CCCn2ccnc2)o1. The number of ketones is 1. The molecule has 0 radical (unpaired) electrons. The van der Waals surface area contributed by atoms with E-state index in [1.54, 1.807) is 38.5 Å². The first-order chi connectivity index (χ1) is 14.4. The molecule has 0 saturated heterocycles. The van der Waals surface area contributed by atoms with Crippen molar-refractivity contribution in [3.63, 3.8) is 0 Å². The van der Waals surface area contributed by atoms with Gasteiger partial charge < -0.3 is 19.0 Å². The molecule has 0 fully saturated rings. The molecule has 156 valence electrons. The van der Waals surface area contributed by atoms with Crippen molar-refractivity contribution in [3.8, 4) is 0 Å². The maximum atomic E-state index is 13.4. The minimum Gasteiger partial charge on any atom is -0.503 e. The number of thiazole rings is 1. The Hall–Kier alpha value is -3.20. The number of aryl methyl sites for hydroxylation is 4. The number of furan rings is 1. The number of carbonyl (C=O) groups is 2. The number of carbonyl (C=O) groups excluding carboxylic acids is 2. The minimum atomic E-state index is -0.775. The molecule has 0 unspecified atom stereocenters. The van der Waals surface area contributed by atoms with E-state index in [-0.39, 0.29) is 11.4 Å². The van der Waals surface area contributed by atoms with Crippen molar-refractivity contribution >= 4 is 23.0 Å². The molecule has 30 heavy (non-hydrogen) atoms. The van der Waals surface area contributed by atoms with Gasteiger partial charge in [-0.25, -0.2) is 9.97 Å². The molecular formula is C21H22N4O4S. The Labute approximate surface area is 177 Å². The van der Waals surface area contributed by atoms with Gasteiger partial charge in [-0.15, -0.1) is 11.3 Å². The van der Waals surface area contributed by atoms with Crippen LogP contribution in [0.3, 0.4) is 0 Å². The van der Waals surface area contributed by atoms with Crippen LogP contribution >= 0.6 is 11.3 Å². The number of aliphatic hydroxyl groups excluding tert-OH is 1. The van der Waals surface area contributed by atoms with Crippen LogP contribution < -0.4 is 0 Å². The van der Waals surface area contributed by atoms with E-state index in [0.29, 0.717) is 41.6 Å². The zero-order valence-electron chi connectivity index (χ0n) is 17.0. The van der Waals surface area contributed by atoms with Crippen LogP contribution in [-0.2, 0) is 11.3 Å². The fourth-order valence-corrected chi connectivity index (χ4v) is 4.59. The highest BCUT2D eigenvalue weighted by molar-refractivity contribution is 7.14. The lowest BCUT2D eigenvalue weighted by molar-refractivity contribution is -0.129. The number of rotatable bonds is 7. The maximum Gasteiger partial charge on any atom is 0.290 e. The predicted octanol–water partition coefficient (Wildman–Crippen LogP) is 3.53. The molecular weight excluding hydrogens is 404 g/mol. The van der Waals surface area contributed by atoms with Gasteiger partial charge in [0.05, 0.1) is 27.5 Å². The van der Waals surface area contributed by atoms with Crippen molar-refractivity contribution in [2.75, 3.05) is 6.54 Å². The van der Waals surface area contributed by atoms with Gasteiger partial charge in [0, 0.05) is 25.5 Å². The molecule has 0 aromatic carbocycles. The number of imidazole rings is 1. The Morgan fingerprint density at radius 2 is 2.07 bits per heavy atom. The summed E-state index contributed by atoms with van der Waals surface area (Å²) in [5.41, 5.74) is 0.631. The molecule has 1 atom stereocenters. The van der Waals surface area contributed by atoms with Gasteiger partial charge in [-0.05, 0) is 39.3 Å². The van der Waals surface area contributed by atoms with Gasteiger partial charge >= 0.3 is 0 Å². The summed E-state index contributed by atoms with van der Waals surface area (Å²) in [5, 5.41) is 11.4. The summed E-state index contributed by atoms with van der Waals surface area (Å²) in [6.07, 6.45) is 5.88. The highest BCUT2D eigenvalue weighted by Crippen LogP contribution is 2.40. The molecule has 0 spiro atoms. The lowest BCUT2D eigenvalue weighted by Gasteiger charge is -2.25. The van der Waals surface area contributed by atoms with Gasteiger partial charge in [0.25, 0.3) is 5.91 Å². The summed E-state index contributed by atoms with van der Waals surface area (Å²) in [7, 11) is 0. The largest absolute Gasteiger partial charge is 0.503 e. The van der Waals surface area contributed by atoms with E-state index in [2.05, 4.69) is 9.97 Å². The lowest BCUT2D eigenvalue weighted by atomic mass is 9.99. The second kappa shape index (κ2) is 7.91. The maximum absolute atomic E-state index is 13.4. The van der Waals surface area contributed by atoms with E-state index < -0.39 is 17.7 Å². The van der Waals surface area contributed by atoms with E-state index >= 15 is 0 Å². The van der Waals surface area contributed by atoms with Crippen molar-refractivity contribution in [3.05, 3.63) is 69.3 Å². The second-order valence-electron chi connectivity index (χ2n) is 7.24. The number of aliphatic hydroxyl groups is 1. The molecule has 0 saturated carbocycles. The highest BCUT2D eigenvalue weighted by atomic mass is 32.1. The molecule has 0 bridgehead atoms. The summed E-state index contributed by atoms with van der Waals surface area (Å²) in [6.45, 7) is 6.37. The first-order valence-electron chi connectivity index (χ1n) is 9.61. The molecule has 4 rings (SSSR count). The Balaban J connectivity index is 1.67. The van der Waals surface area contributed by atoms with Gasteiger partial charge in [-0.2, -0.15) is 0 Å². The molecule has 1 aliphatic rings. The molecule has 3 aromatic heterocycles.